The highest BCUT2D eigenvalue weighted by Crippen LogP contribution is 2.14. The van der Waals surface area contributed by atoms with Crippen LogP contribution in [0.3, 0.4) is 0 Å². The van der Waals surface area contributed by atoms with Crippen molar-refractivity contribution in [1.82, 2.24) is 9.97 Å². The summed E-state index contributed by atoms with van der Waals surface area (Å²) in [5.74, 6) is 0.0907. The van der Waals surface area contributed by atoms with Gasteiger partial charge in [0, 0.05) is 5.56 Å². The average molecular weight is 202 g/mol. The Balaban J connectivity index is 2.55. The lowest BCUT2D eigenvalue weighted by atomic mass is 10.1. The molecule has 0 unspecified atom stereocenters. The normalized spacial score (nSPS) is 10.2. The molecule has 4 nitrogen and oxygen atoms in total. The van der Waals surface area contributed by atoms with Crippen LogP contribution in [0.5, 0.6) is 5.75 Å². The zero-order valence-electron chi connectivity index (χ0n) is 8.19. The molecule has 1 aromatic carbocycles. The van der Waals surface area contributed by atoms with Crippen molar-refractivity contribution in [3.8, 4) is 17.1 Å². The molecule has 0 aliphatic carbocycles. The van der Waals surface area contributed by atoms with Crippen LogP contribution in [0.25, 0.3) is 11.4 Å². The molecule has 2 N–H and O–H groups in total. The van der Waals surface area contributed by atoms with E-state index in [1.165, 1.54) is 0 Å². The van der Waals surface area contributed by atoms with Crippen molar-refractivity contribution in [2.45, 2.75) is 6.92 Å². The zero-order chi connectivity index (χ0) is 10.8. The van der Waals surface area contributed by atoms with Crippen molar-refractivity contribution < 1.29 is 5.11 Å². The summed E-state index contributed by atoms with van der Waals surface area (Å²) in [6.45, 7) is 1.96. The molecule has 0 bridgehead atoms. The van der Waals surface area contributed by atoms with Crippen molar-refractivity contribution >= 4 is 0 Å². The van der Waals surface area contributed by atoms with Crippen LogP contribution in [0.15, 0.2) is 35.3 Å². The fraction of sp³-hybridized carbons (Fsp3) is 0.0909. The topological polar surface area (TPSA) is 66.0 Å². The van der Waals surface area contributed by atoms with E-state index in [2.05, 4.69) is 9.97 Å². The van der Waals surface area contributed by atoms with E-state index < -0.39 is 5.56 Å². The standard InChI is InChI=1S/C11H10N2O2/c1-7-3-2-4-8(5-7)10-12-6-9(14)11(15)13-10/h2-6,14H,1H3,(H,12,13,15). The maximum Gasteiger partial charge on any atom is 0.293 e. The molecule has 2 rings (SSSR count). The Morgan fingerprint density at radius 3 is 2.87 bits per heavy atom. The lowest BCUT2D eigenvalue weighted by molar-refractivity contribution is 0.463. The Bertz CT molecular complexity index is 546. The highest BCUT2D eigenvalue weighted by molar-refractivity contribution is 5.55. The zero-order valence-corrected chi connectivity index (χ0v) is 8.19. The summed E-state index contributed by atoms with van der Waals surface area (Å²) in [6, 6.07) is 7.61. The van der Waals surface area contributed by atoms with Gasteiger partial charge in [0.2, 0.25) is 0 Å². The second-order valence-electron chi connectivity index (χ2n) is 3.32. The van der Waals surface area contributed by atoms with E-state index in [9.17, 15) is 4.79 Å². The van der Waals surface area contributed by atoms with Crippen molar-refractivity contribution in [2.75, 3.05) is 0 Å². The van der Waals surface area contributed by atoms with Gasteiger partial charge in [0.25, 0.3) is 5.56 Å². The second-order valence-corrected chi connectivity index (χ2v) is 3.32. The predicted octanol–water partition coefficient (Wildman–Crippen LogP) is 1.45. The van der Waals surface area contributed by atoms with Gasteiger partial charge in [-0.05, 0) is 13.0 Å². The van der Waals surface area contributed by atoms with Gasteiger partial charge in [0.05, 0.1) is 6.20 Å². The minimum Gasteiger partial charge on any atom is -0.502 e. The maximum atomic E-state index is 11.2. The summed E-state index contributed by atoms with van der Waals surface area (Å²) in [6.07, 6.45) is 1.15. The number of aromatic nitrogens is 2. The minimum atomic E-state index is -0.526. The van der Waals surface area contributed by atoms with E-state index in [4.69, 9.17) is 5.11 Å². The van der Waals surface area contributed by atoms with Gasteiger partial charge in [-0.2, -0.15) is 0 Å². The van der Waals surface area contributed by atoms with Gasteiger partial charge in [-0.15, -0.1) is 0 Å². The molecule has 0 saturated heterocycles. The van der Waals surface area contributed by atoms with E-state index in [-0.39, 0.29) is 5.75 Å². The fourth-order valence-electron chi connectivity index (χ4n) is 1.33. The Kier molecular flexibility index (Phi) is 2.25. The number of aromatic amines is 1. The quantitative estimate of drug-likeness (QED) is 0.735. The molecule has 0 aliphatic rings. The number of nitrogens with one attached hydrogen (secondary N) is 1. The van der Waals surface area contributed by atoms with Gasteiger partial charge in [0.1, 0.15) is 5.82 Å². The van der Waals surface area contributed by atoms with Crippen LogP contribution in [-0.2, 0) is 0 Å². The Labute approximate surface area is 86.2 Å². The molecule has 0 amide bonds. The van der Waals surface area contributed by atoms with Crippen LogP contribution >= 0.6 is 0 Å². The van der Waals surface area contributed by atoms with Crippen molar-refractivity contribution in [1.29, 1.82) is 0 Å². The first-order chi connectivity index (χ1) is 7.16. The molecule has 15 heavy (non-hydrogen) atoms. The summed E-state index contributed by atoms with van der Waals surface area (Å²) in [7, 11) is 0. The lowest BCUT2D eigenvalue weighted by Gasteiger charge is -2.01. The Hall–Kier alpha value is -2.10. The van der Waals surface area contributed by atoms with E-state index in [0.29, 0.717) is 5.82 Å². The molecule has 76 valence electrons. The molecular formula is C11H10N2O2. The number of benzene rings is 1. The largest absolute Gasteiger partial charge is 0.502 e. The first-order valence-electron chi connectivity index (χ1n) is 4.52. The number of aryl methyl sites for hydroxylation is 1. The third-order valence-corrected chi connectivity index (χ3v) is 2.07. The summed E-state index contributed by atoms with van der Waals surface area (Å²) in [5, 5.41) is 9.04. The van der Waals surface area contributed by atoms with Gasteiger partial charge >= 0.3 is 0 Å². The minimum absolute atomic E-state index is 0.369. The van der Waals surface area contributed by atoms with E-state index in [0.717, 1.165) is 17.3 Å². The van der Waals surface area contributed by atoms with Crippen molar-refractivity contribution in [2.24, 2.45) is 0 Å². The number of H-pyrrole nitrogens is 1. The smallest absolute Gasteiger partial charge is 0.293 e. The van der Waals surface area contributed by atoms with Gasteiger partial charge in [-0.1, -0.05) is 23.8 Å². The third kappa shape index (κ3) is 1.88. The second kappa shape index (κ2) is 3.57. The monoisotopic (exact) mass is 202 g/mol. The molecule has 0 fully saturated rings. The van der Waals surface area contributed by atoms with Gasteiger partial charge in [-0.3, -0.25) is 4.79 Å². The van der Waals surface area contributed by atoms with Crippen LogP contribution in [0.4, 0.5) is 0 Å². The SMILES string of the molecule is Cc1cccc(-c2ncc(O)c(=O)[nH]2)c1. The number of nitrogens with zero attached hydrogens (tertiary/aromatic N) is 1. The Morgan fingerprint density at radius 1 is 1.40 bits per heavy atom. The predicted molar refractivity (Wildman–Crippen MR) is 56.7 cm³/mol. The molecule has 4 heteroatoms. The maximum absolute atomic E-state index is 11.2. The third-order valence-electron chi connectivity index (χ3n) is 2.07. The molecule has 0 atom stereocenters. The van der Waals surface area contributed by atoms with Gasteiger partial charge < -0.3 is 10.1 Å². The van der Waals surface area contributed by atoms with Crippen LogP contribution in [0.1, 0.15) is 5.56 Å². The molecule has 0 spiro atoms. The fourth-order valence-corrected chi connectivity index (χ4v) is 1.33. The first kappa shape index (κ1) is 9.45. The summed E-state index contributed by atoms with van der Waals surface area (Å²) in [4.78, 5) is 17.6. The van der Waals surface area contributed by atoms with Gasteiger partial charge in [0.15, 0.2) is 5.75 Å². The number of aromatic hydroxyl groups is 1. The first-order valence-corrected chi connectivity index (χ1v) is 4.52. The molecule has 0 saturated carbocycles. The van der Waals surface area contributed by atoms with E-state index >= 15 is 0 Å². The lowest BCUT2D eigenvalue weighted by Crippen LogP contribution is -2.07. The molecule has 0 radical (unpaired) electrons. The number of hydrogen-bond acceptors (Lipinski definition) is 3. The highest BCUT2D eigenvalue weighted by Gasteiger charge is 2.02. The number of hydrogen-bond donors (Lipinski definition) is 2. The average Bonchev–Trinajstić information content (AvgIpc) is 2.22. The van der Waals surface area contributed by atoms with Crippen LogP contribution < -0.4 is 5.56 Å². The van der Waals surface area contributed by atoms with E-state index in [1.54, 1.807) is 0 Å². The summed E-state index contributed by atoms with van der Waals surface area (Å²) < 4.78 is 0. The summed E-state index contributed by atoms with van der Waals surface area (Å²) in [5.41, 5.74) is 1.39. The van der Waals surface area contributed by atoms with Gasteiger partial charge in [-0.25, -0.2) is 4.98 Å². The Morgan fingerprint density at radius 2 is 2.20 bits per heavy atom. The van der Waals surface area contributed by atoms with Crippen molar-refractivity contribution in [3.05, 3.63) is 46.4 Å². The molecule has 1 aromatic heterocycles. The van der Waals surface area contributed by atoms with E-state index in [1.807, 2.05) is 31.2 Å². The van der Waals surface area contributed by atoms with Crippen LogP contribution in [0, 0.1) is 6.92 Å². The van der Waals surface area contributed by atoms with Crippen LogP contribution in [-0.4, -0.2) is 15.1 Å². The van der Waals surface area contributed by atoms with Crippen molar-refractivity contribution in [3.63, 3.8) is 0 Å². The number of rotatable bonds is 1. The highest BCUT2D eigenvalue weighted by atomic mass is 16.3. The summed E-state index contributed by atoms with van der Waals surface area (Å²) >= 11 is 0. The molecule has 2 aromatic rings. The molecular weight excluding hydrogens is 192 g/mol. The molecule has 0 aliphatic heterocycles. The van der Waals surface area contributed by atoms with Crippen LogP contribution in [0.2, 0.25) is 0 Å². The molecule has 1 heterocycles.